The second-order valence-corrected chi connectivity index (χ2v) is 10.4. The van der Waals surface area contributed by atoms with Gasteiger partial charge in [-0.25, -0.2) is 15.0 Å². The van der Waals surface area contributed by atoms with E-state index in [4.69, 9.17) is 11.5 Å². The number of amides is 1. The van der Waals surface area contributed by atoms with Gasteiger partial charge in [-0.3, -0.25) is 4.79 Å². The Morgan fingerprint density at radius 3 is 2.59 bits per heavy atom. The van der Waals surface area contributed by atoms with Gasteiger partial charge in [0.15, 0.2) is 11.5 Å². The van der Waals surface area contributed by atoms with E-state index in [2.05, 4.69) is 47.0 Å². The highest BCUT2D eigenvalue weighted by Gasteiger charge is 2.50. The maximum absolute atomic E-state index is 12.9. The van der Waals surface area contributed by atoms with Crippen LogP contribution in [0.2, 0.25) is 0 Å². The van der Waals surface area contributed by atoms with Crippen LogP contribution in [0.25, 0.3) is 11.2 Å². The molecule has 0 radical (unpaired) electrons. The summed E-state index contributed by atoms with van der Waals surface area (Å²) >= 11 is 0. The van der Waals surface area contributed by atoms with Crippen molar-refractivity contribution in [2.75, 3.05) is 17.6 Å². The van der Waals surface area contributed by atoms with Gasteiger partial charge in [0.25, 0.3) is 5.95 Å². The van der Waals surface area contributed by atoms with Crippen molar-refractivity contribution in [2.45, 2.75) is 45.1 Å². The van der Waals surface area contributed by atoms with E-state index in [0.29, 0.717) is 41.6 Å². The molecule has 0 saturated heterocycles. The molecule has 0 unspecified atom stereocenters. The number of nitrogens with two attached hydrogens (primary N) is 2. The molecule has 34 heavy (non-hydrogen) atoms. The van der Waals surface area contributed by atoms with Crippen LogP contribution < -0.4 is 16.8 Å². The first-order valence-corrected chi connectivity index (χ1v) is 11.9. The van der Waals surface area contributed by atoms with E-state index in [1.165, 1.54) is 25.6 Å². The average molecular weight is 464 g/mol. The number of rotatable bonds is 8. The van der Waals surface area contributed by atoms with Crippen LogP contribution in [0.5, 0.6) is 0 Å². The molecule has 6 N–H and O–H groups in total. The summed E-state index contributed by atoms with van der Waals surface area (Å²) in [6.07, 6.45) is 12.8. The number of H-pyrrole nitrogens is 1. The van der Waals surface area contributed by atoms with Gasteiger partial charge in [0.2, 0.25) is 5.91 Å². The van der Waals surface area contributed by atoms with E-state index in [-0.39, 0.29) is 11.3 Å². The summed E-state index contributed by atoms with van der Waals surface area (Å²) in [6, 6.07) is 0. The van der Waals surface area contributed by atoms with Gasteiger partial charge < -0.3 is 21.4 Å². The third-order valence-electron chi connectivity index (χ3n) is 7.97. The number of tetrazole rings is 1. The van der Waals surface area contributed by atoms with Gasteiger partial charge >= 0.3 is 0 Å². The fourth-order valence-electron chi connectivity index (χ4n) is 7.07. The number of aromatic amines is 1. The second-order valence-electron chi connectivity index (χ2n) is 10.4. The summed E-state index contributed by atoms with van der Waals surface area (Å²) in [6.45, 7) is 0.847. The Kier molecular flexibility index (Phi) is 4.96. The van der Waals surface area contributed by atoms with Crippen molar-refractivity contribution < 1.29 is 4.79 Å². The molecular formula is C22H29N11O. The number of imidazole rings is 1. The van der Waals surface area contributed by atoms with Crippen LogP contribution in [0.3, 0.4) is 0 Å². The molecule has 3 aromatic rings. The zero-order valence-electron chi connectivity index (χ0n) is 18.9. The van der Waals surface area contributed by atoms with Crippen LogP contribution in [-0.2, 0) is 11.3 Å². The summed E-state index contributed by atoms with van der Waals surface area (Å²) < 4.78 is 1.90. The number of hydrogen-bond donors (Lipinski definition) is 4. The maximum atomic E-state index is 12.9. The minimum atomic E-state index is -0.394. The van der Waals surface area contributed by atoms with E-state index in [0.717, 1.165) is 37.0 Å². The lowest BCUT2D eigenvalue weighted by molar-refractivity contribution is -0.115. The summed E-state index contributed by atoms with van der Waals surface area (Å²) in [7, 11) is 0. The fraction of sp³-hybridized carbons (Fsp3) is 0.591. The second kappa shape index (κ2) is 8.03. The molecule has 1 atom stereocenters. The molecule has 12 nitrogen and oxygen atoms in total. The number of nitrogens with zero attached hydrogens (tertiary/aromatic N) is 7. The fourth-order valence-corrected chi connectivity index (χ4v) is 7.07. The monoisotopic (exact) mass is 463 g/mol. The summed E-state index contributed by atoms with van der Waals surface area (Å²) in [4.78, 5) is 25.6. The number of fused-ring (bicyclic) bond motifs is 1. The molecule has 0 aliphatic heterocycles. The van der Waals surface area contributed by atoms with Gasteiger partial charge in [-0.05, 0) is 66.9 Å². The number of carbonyl (C=O) groups is 1. The molecule has 7 rings (SSSR count). The lowest BCUT2D eigenvalue weighted by atomic mass is 9.49. The highest BCUT2D eigenvalue weighted by molar-refractivity contribution is 5.92. The van der Waals surface area contributed by atoms with Gasteiger partial charge in [-0.2, -0.15) is 5.21 Å². The number of carbonyl (C=O) groups excluding carboxylic acids is 1. The predicted octanol–water partition coefficient (Wildman–Crippen LogP) is 1.28. The zero-order chi connectivity index (χ0) is 23.3. The highest BCUT2D eigenvalue weighted by atomic mass is 16.1. The van der Waals surface area contributed by atoms with E-state index in [1.807, 2.05) is 4.57 Å². The van der Waals surface area contributed by atoms with Gasteiger partial charge in [0, 0.05) is 24.6 Å². The summed E-state index contributed by atoms with van der Waals surface area (Å²) in [5.41, 5.74) is 13.9. The molecule has 4 aliphatic rings. The molecule has 3 aromatic heterocycles. The molecule has 4 fully saturated rings. The van der Waals surface area contributed by atoms with Crippen LogP contribution in [0.1, 0.15) is 38.5 Å². The minimum Gasteiger partial charge on any atom is -0.382 e. The molecule has 4 bridgehead atoms. The standard InChI is InChI=1S/C22H29N11O/c23-18-17-20(27-10-26-18)33(11-28-17)9-15(8-25-21-29-31-32-30-21)16(19(24)34)7-22-4-12-1-13(5-22)3-14(2-12)6-22/h7,10-15H,1-6,8-9H2,(H2,24,34)(H2,23,26,27)(H2,25,29,30,31,32)/b16-7-/t12?,13?,14?,15-,22?/m1/s1. The zero-order valence-corrected chi connectivity index (χ0v) is 18.9. The molecule has 1 amide bonds. The highest BCUT2D eigenvalue weighted by Crippen LogP contribution is 2.61. The van der Waals surface area contributed by atoms with Crippen LogP contribution >= 0.6 is 0 Å². The van der Waals surface area contributed by atoms with Crippen molar-refractivity contribution in [2.24, 2.45) is 34.8 Å². The Labute approximate surface area is 196 Å². The molecule has 12 heteroatoms. The van der Waals surface area contributed by atoms with Gasteiger partial charge in [-0.15, -0.1) is 5.10 Å². The quantitative estimate of drug-likeness (QED) is 0.358. The van der Waals surface area contributed by atoms with Crippen LogP contribution in [-0.4, -0.2) is 52.6 Å². The molecule has 4 aliphatic carbocycles. The number of nitrogen functional groups attached to an aromatic ring is 1. The lowest BCUT2D eigenvalue weighted by Gasteiger charge is -2.56. The van der Waals surface area contributed by atoms with Gasteiger partial charge in [-0.1, -0.05) is 11.2 Å². The Bertz CT molecular complexity index is 1200. The van der Waals surface area contributed by atoms with E-state index in [1.54, 1.807) is 6.33 Å². The molecule has 178 valence electrons. The van der Waals surface area contributed by atoms with Gasteiger partial charge in [0.05, 0.1) is 6.33 Å². The van der Waals surface area contributed by atoms with Crippen molar-refractivity contribution in [1.29, 1.82) is 0 Å². The number of hydrogen-bond acceptors (Lipinski definition) is 9. The first-order chi connectivity index (χ1) is 16.5. The van der Waals surface area contributed by atoms with Crippen molar-refractivity contribution in [3.05, 3.63) is 24.3 Å². The third kappa shape index (κ3) is 3.76. The molecular weight excluding hydrogens is 434 g/mol. The van der Waals surface area contributed by atoms with E-state index < -0.39 is 5.91 Å². The van der Waals surface area contributed by atoms with Crippen molar-refractivity contribution in [3.8, 4) is 0 Å². The van der Waals surface area contributed by atoms with Gasteiger partial charge in [0.1, 0.15) is 11.8 Å². The maximum Gasteiger partial charge on any atom is 0.263 e. The topological polar surface area (TPSA) is 179 Å². The number of aromatic nitrogens is 8. The SMILES string of the molecule is NC(=O)/C(=C\C12CC3CC(CC(C3)C1)C2)[C@H](CNc1nn[nH]n1)Cn1cnc2c(N)ncnc21. The summed E-state index contributed by atoms with van der Waals surface area (Å²) in [5, 5.41) is 17.2. The molecule has 0 spiro atoms. The van der Waals surface area contributed by atoms with Crippen LogP contribution in [0, 0.1) is 29.1 Å². The first-order valence-electron chi connectivity index (χ1n) is 11.9. The Balaban J connectivity index is 1.35. The molecule has 3 heterocycles. The first kappa shape index (κ1) is 21.0. The molecule has 4 saturated carbocycles. The Hall–Kier alpha value is -3.57. The smallest absolute Gasteiger partial charge is 0.263 e. The van der Waals surface area contributed by atoms with Crippen molar-refractivity contribution in [3.63, 3.8) is 0 Å². The Morgan fingerprint density at radius 1 is 1.21 bits per heavy atom. The molecule has 0 aromatic carbocycles. The number of nitrogens with one attached hydrogen (secondary N) is 2. The van der Waals surface area contributed by atoms with E-state index in [9.17, 15) is 4.79 Å². The number of primary amides is 1. The van der Waals surface area contributed by atoms with Crippen LogP contribution in [0.4, 0.5) is 11.8 Å². The largest absolute Gasteiger partial charge is 0.382 e. The normalized spacial score (nSPS) is 28.9. The van der Waals surface area contributed by atoms with E-state index >= 15 is 0 Å². The Morgan fingerprint density at radius 2 is 1.94 bits per heavy atom. The third-order valence-corrected chi connectivity index (χ3v) is 7.97. The summed E-state index contributed by atoms with van der Waals surface area (Å²) in [5.74, 6) is 2.35. The predicted molar refractivity (Wildman–Crippen MR) is 124 cm³/mol. The number of anilines is 2. The van der Waals surface area contributed by atoms with Crippen molar-refractivity contribution >= 4 is 28.8 Å². The number of allylic oxidation sites excluding steroid dienone is 1. The lowest BCUT2D eigenvalue weighted by Crippen LogP contribution is -2.45. The van der Waals surface area contributed by atoms with Crippen molar-refractivity contribution in [1.82, 2.24) is 40.1 Å². The van der Waals surface area contributed by atoms with Crippen LogP contribution in [0.15, 0.2) is 24.3 Å². The minimum absolute atomic E-state index is 0.0626. The average Bonchev–Trinajstić information content (AvgIpc) is 3.45.